The number of carbonyl (C=O) groups is 1. The van der Waals surface area contributed by atoms with Crippen LogP contribution in [0.25, 0.3) is 0 Å². The third kappa shape index (κ3) is 2.35. The first kappa shape index (κ1) is 14.5. The molecule has 2 heterocycles. The van der Waals surface area contributed by atoms with Gasteiger partial charge in [0, 0.05) is 45.3 Å². The SMILES string of the molecule is CC(=O)N1CCc2ccc(S(=O)(=O)N(C)C3CNC3)cc21. The van der Waals surface area contributed by atoms with Crippen LogP contribution in [0.4, 0.5) is 5.69 Å². The van der Waals surface area contributed by atoms with Gasteiger partial charge in [-0.15, -0.1) is 0 Å². The Morgan fingerprint density at radius 1 is 1.38 bits per heavy atom. The van der Waals surface area contributed by atoms with Crippen LogP contribution in [0.5, 0.6) is 0 Å². The summed E-state index contributed by atoms with van der Waals surface area (Å²) in [7, 11) is -1.91. The molecular weight excluding hydrogens is 290 g/mol. The van der Waals surface area contributed by atoms with Crippen molar-refractivity contribution in [2.45, 2.75) is 24.3 Å². The van der Waals surface area contributed by atoms with Crippen LogP contribution in [0, 0.1) is 0 Å². The van der Waals surface area contributed by atoms with E-state index in [0.29, 0.717) is 19.6 Å². The highest BCUT2D eigenvalue weighted by atomic mass is 32.2. The molecule has 2 aliphatic rings. The number of amides is 1. The molecule has 0 unspecified atom stereocenters. The fraction of sp³-hybridized carbons (Fsp3) is 0.500. The highest BCUT2D eigenvalue weighted by Gasteiger charge is 2.33. The molecule has 21 heavy (non-hydrogen) atoms. The highest BCUT2D eigenvalue weighted by Crippen LogP contribution is 2.31. The Labute approximate surface area is 124 Å². The molecule has 0 atom stereocenters. The van der Waals surface area contributed by atoms with Gasteiger partial charge >= 0.3 is 0 Å². The Morgan fingerprint density at radius 2 is 2.10 bits per heavy atom. The maximum Gasteiger partial charge on any atom is 0.243 e. The summed E-state index contributed by atoms with van der Waals surface area (Å²) in [6.45, 7) is 3.49. The van der Waals surface area contributed by atoms with E-state index in [1.807, 2.05) is 6.07 Å². The topological polar surface area (TPSA) is 69.7 Å². The second-order valence-corrected chi connectivity index (χ2v) is 7.54. The summed E-state index contributed by atoms with van der Waals surface area (Å²) in [5, 5.41) is 3.07. The molecule has 1 fully saturated rings. The largest absolute Gasteiger partial charge is 0.313 e. The lowest BCUT2D eigenvalue weighted by Crippen LogP contribution is -2.57. The predicted molar refractivity (Wildman–Crippen MR) is 79.8 cm³/mol. The molecule has 0 spiro atoms. The summed E-state index contributed by atoms with van der Waals surface area (Å²) in [4.78, 5) is 13.5. The van der Waals surface area contributed by atoms with Crippen LogP contribution in [0.2, 0.25) is 0 Å². The molecular formula is C14H19N3O3S. The lowest BCUT2D eigenvalue weighted by Gasteiger charge is -2.34. The summed E-state index contributed by atoms with van der Waals surface area (Å²) in [6, 6.07) is 5.09. The minimum atomic E-state index is -3.51. The Morgan fingerprint density at radius 3 is 2.67 bits per heavy atom. The molecule has 0 bridgehead atoms. The van der Waals surface area contributed by atoms with Crippen molar-refractivity contribution in [2.75, 3.05) is 31.6 Å². The zero-order chi connectivity index (χ0) is 15.2. The smallest absolute Gasteiger partial charge is 0.243 e. The first-order valence-corrected chi connectivity index (χ1v) is 8.45. The molecule has 3 rings (SSSR count). The molecule has 0 saturated carbocycles. The first-order chi connectivity index (χ1) is 9.91. The van der Waals surface area contributed by atoms with Gasteiger partial charge < -0.3 is 10.2 Å². The monoisotopic (exact) mass is 309 g/mol. The Kier molecular flexibility index (Phi) is 3.51. The molecule has 1 aromatic carbocycles. The molecule has 0 aliphatic carbocycles. The Bertz CT molecular complexity index is 683. The molecule has 1 saturated heterocycles. The number of carbonyl (C=O) groups excluding carboxylic acids is 1. The number of nitrogens with zero attached hydrogens (tertiary/aromatic N) is 2. The van der Waals surface area contributed by atoms with E-state index in [9.17, 15) is 13.2 Å². The van der Waals surface area contributed by atoms with Gasteiger partial charge in [0.2, 0.25) is 15.9 Å². The van der Waals surface area contributed by atoms with E-state index in [2.05, 4.69) is 5.32 Å². The minimum Gasteiger partial charge on any atom is -0.313 e. The fourth-order valence-corrected chi connectivity index (χ4v) is 4.11. The molecule has 7 heteroatoms. The van der Waals surface area contributed by atoms with Gasteiger partial charge in [-0.1, -0.05) is 6.07 Å². The Balaban J connectivity index is 1.96. The first-order valence-electron chi connectivity index (χ1n) is 7.01. The van der Waals surface area contributed by atoms with Gasteiger partial charge in [-0.2, -0.15) is 4.31 Å². The van der Waals surface area contributed by atoms with E-state index in [1.165, 1.54) is 11.2 Å². The minimum absolute atomic E-state index is 0.00663. The van der Waals surface area contributed by atoms with Gasteiger partial charge in [-0.05, 0) is 24.1 Å². The molecule has 6 nitrogen and oxygen atoms in total. The molecule has 1 amide bonds. The number of benzene rings is 1. The number of fused-ring (bicyclic) bond motifs is 1. The summed E-state index contributed by atoms with van der Waals surface area (Å²) in [6.07, 6.45) is 0.775. The van der Waals surface area contributed by atoms with E-state index in [4.69, 9.17) is 0 Å². The van der Waals surface area contributed by atoms with E-state index in [1.54, 1.807) is 24.1 Å². The third-order valence-corrected chi connectivity index (χ3v) is 6.19. The van der Waals surface area contributed by atoms with E-state index >= 15 is 0 Å². The number of hydrogen-bond donors (Lipinski definition) is 1. The average molecular weight is 309 g/mol. The molecule has 1 aromatic rings. The predicted octanol–water partition coefficient (Wildman–Crippen LogP) is 0.188. The van der Waals surface area contributed by atoms with Crippen molar-refractivity contribution >= 4 is 21.6 Å². The normalized spacial score (nSPS) is 18.7. The van der Waals surface area contributed by atoms with Crippen molar-refractivity contribution in [3.8, 4) is 0 Å². The van der Waals surface area contributed by atoms with Crippen molar-refractivity contribution in [1.82, 2.24) is 9.62 Å². The van der Waals surface area contributed by atoms with Crippen LogP contribution in [-0.2, 0) is 21.2 Å². The van der Waals surface area contributed by atoms with Crippen LogP contribution >= 0.6 is 0 Å². The molecule has 0 radical (unpaired) electrons. The summed E-state index contributed by atoms with van der Waals surface area (Å²) in [5.74, 6) is -0.0557. The third-order valence-electron chi connectivity index (χ3n) is 4.28. The summed E-state index contributed by atoms with van der Waals surface area (Å²) < 4.78 is 26.7. The van der Waals surface area contributed by atoms with Gasteiger partial charge in [0.05, 0.1) is 4.90 Å². The number of rotatable bonds is 3. The van der Waals surface area contributed by atoms with Crippen LogP contribution in [0.1, 0.15) is 12.5 Å². The lowest BCUT2D eigenvalue weighted by molar-refractivity contribution is -0.116. The van der Waals surface area contributed by atoms with Crippen molar-refractivity contribution in [3.63, 3.8) is 0 Å². The number of anilines is 1. The van der Waals surface area contributed by atoms with Crippen molar-refractivity contribution in [1.29, 1.82) is 0 Å². The lowest BCUT2D eigenvalue weighted by atomic mass is 10.2. The second kappa shape index (κ2) is 5.08. The maximum atomic E-state index is 12.6. The maximum absolute atomic E-state index is 12.6. The number of likely N-dealkylation sites (N-methyl/N-ethyl adjacent to an activating group) is 1. The molecule has 2 aliphatic heterocycles. The second-order valence-electron chi connectivity index (χ2n) is 5.54. The van der Waals surface area contributed by atoms with E-state index < -0.39 is 10.0 Å². The standard InChI is InChI=1S/C14H19N3O3S/c1-10(18)17-6-5-11-3-4-13(7-14(11)17)21(19,20)16(2)12-8-15-9-12/h3-4,7,12,15H,5-6,8-9H2,1-2H3. The van der Waals surface area contributed by atoms with E-state index in [0.717, 1.165) is 17.7 Å². The van der Waals surface area contributed by atoms with Gasteiger partial charge in [0.1, 0.15) is 0 Å². The van der Waals surface area contributed by atoms with Crippen LogP contribution < -0.4 is 10.2 Å². The fourth-order valence-electron chi connectivity index (χ4n) is 2.74. The number of nitrogens with one attached hydrogen (secondary N) is 1. The van der Waals surface area contributed by atoms with Crippen molar-refractivity contribution < 1.29 is 13.2 Å². The Hall–Kier alpha value is -1.44. The van der Waals surface area contributed by atoms with Crippen LogP contribution in [0.3, 0.4) is 0 Å². The molecule has 1 N–H and O–H groups in total. The zero-order valence-electron chi connectivity index (χ0n) is 12.2. The van der Waals surface area contributed by atoms with Gasteiger partial charge in [0.15, 0.2) is 0 Å². The van der Waals surface area contributed by atoms with Gasteiger partial charge in [-0.25, -0.2) is 8.42 Å². The van der Waals surface area contributed by atoms with Gasteiger partial charge in [-0.3, -0.25) is 4.79 Å². The quantitative estimate of drug-likeness (QED) is 0.865. The highest BCUT2D eigenvalue weighted by molar-refractivity contribution is 7.89. The molecule has 114 valence electrons. The van der Waals surface area contributed by atoms with Gasteiger partial charge in [0.25, 0.3) is 0 Å². The van der Waals surface area contributed by atoms with Crippen LogP contribution in [-0.4, -0.2) is 51.4 Å². The number of sulfonamides is 1. The van der Waals surface area contributed by atoms with Crippen molar-refractivity contribution in [2.24, 2.45) is 0 Å². The summed E-state index contributed by atoms with van der Waals surface area (Å²) >= 11 is 0. The van der Waals surface area contributed by atoms with Crippen LogP contribution in [0.15, 0.2) is 23.1 Å². The van der Waals surface area contributed by atoms with Crippen molar-refractivity contribution in [3.05, 3.63) is 23.8 Å². The summed E-state index contributed by atoms with van der Waals surface area (Å²) in [5.41, 5.74) is 1.75. The van der Waals surface area contributed by atoms with E-state index in [-0.39, 0.29) is 16.8 Å². The molecule has 0 aromatic heterocycles. The number of hydrogen-bond acceptors (Lipinski definition) is 4. The zero-order valence-corrected chi connectivity index (χ0v) is 13.0. The average Bonchev–Trinajstić information content (AvgIpc) is 2.79.